The van der Waals surface area contributed by atoms with Crippen molar-refractivity contribution in [3.63, 3.8) is 0 Å². The zero-order valence-electron chi connectivity index (χ0n) is 25.0. The number of methoxy groups -OCH3 is 1. The first-order chi connectivity index (χ1) is 19.2. The summed E-state index contributed by atoms with van der Waals surface area (Å²) in [6.07, 6.45) is 0.354. The fourth-order valence-corrected chi connectivity index (χ4v) is 5.91. The summed E-state index contributed by atoms with van der Waals surface area (Å²) in [5.41, 5.74) is 2.58. The number of hydrogen-bond donors (Lipinski definition) is 1. The highest BCUT2D eigenvalue weighted by atomic mass is 32.2. The molecule has 0 aliphatic rings. The molecule has 8 nitrogen and oxygen atoms in total. The van der Waals surface area contributed by atoms with Crippen LogP contribution in [-0.2, 0) is 26.2 Å². The van der Waals surface area contributed by atoms with E-state index in [1.807, 2.05) is 65.8 Å². The van der Waals surface area contributed by atoms with E-state index in [-0.39, 0.29) is 17.3 Å². The van der Waals surface area contributed by atoms with Crippen LogP contribution >= 0.6 is 0 Å². The normalized spacial score (nSPS) is 12.4. The zero-order chi connectivity index (χ0) is 30.4. The minimum Gasteiger partial charge on any atom is -0.497 e. The molecule has 220 valence electrons. The standard InChI is InChI=1S/C32H41N3O5S/c1-8-29(31(37)33-32(4,5)6)34(21-25-11-9-10-24(3)20-25)30(36)22-35(26-14-16-27(40-7)17-15-26)41(38,39)28-18-12-23(2)13-19-28/h9-20,29H,8,21-22H2,1-7H3,(H,33,37). The third-order valence-corrected chi connectivity index (χ3v) is 8.36. The van der Waals surface area contributed by atoms with E-state index in [0.29, 0.717) is 17.9 Å². The van der Waals surface area contributed by atoms with Gasteiger partial charge in [0.25, 0.3) is 10.0 Å². The molecular weight excluding hydrogens is 538 g/mol. The topological polar surface area (TPSA) is 96.0 Å². The number of carbonyl (C=O) groups is 2. The first-order valence-corrected chi connectivity index (χ1v) is 15.1. The number of nitrogens with zero attached hydrogens (tertiary/aromatic N) is 2. The number of anilines is 1. The molecule has 0 spiro atoms. The molecule has 0 aliphatic carbocycles. The maximum atomic E-state index is 14.2. The Kier molecular flexibility index (Phi) is 10.2. The van der Waals surface area contributed by atoms with Gasteiger partial charge in [0.05, 0.1) is 17.7 Å². The third kappa shape index (κ3) is 8.33. The van der Waals surface area contributed by atoms with Crippen molar-refractivity contribution in [3.8, 4) is 5.75 Å². The molecule has 0 aliphatic heterocycles. The molecule has 0 saturated heterocycles. The molecule has 0 radical (unpaired) electrons. The Bertz CT molecular complexity index is 1450. The Labute approximate surface area is 244 Å². The van der Waals surface area contributed by atoms with Gasteiger partial charge in [-0.2, -0.15) is 0 Å². The number of nitrogens with one attached hydrogen (secondary N) is 1. The molecule has 3 aromatic rings. The van der Waals surface area contributed by atoms with Crippen molar-refractivity contribution in [2.24, 2.45) is 0 Å². The quantitative estimate of drug-likeness (QED) is 0.336. The molecule has 41 heavy (non-hydrogen) atoms. The number of amides is 2. The molecule has 0 aromatic heterocycles. The number of rotatable bonds is 11. The highest BCUT2D eigenvalue weighted by Gasteiger charge is 2.34. The molecule has 3 aromatic carbocycles. The second-order valence-corrected chi connectivity index (χ2v) is 13.1. The van der Waals surface area contributed by atoms with Crippen LogP contribution < -0.4 is 14.4 Å². The predicted octanol–water partition coefficient (Wildman–Crippen LogP) is 5.23. The van der Waals surface area contributed by atoms with Gasteiger partial charge in [-0.15, -0.1) is 0 Å². The van der Waals surface area contributed by atoms with Crippen LogP contribution in [0.1, 0.15) is 50.8 Å². The van der Waals surface area contributed by atoms with E-state index in [4.69, 9.17) is 4.74 Å². The minimum atomic E-state index is -4.14. The third-order valence-electron chi connectivity index (χ3n) is 6.57. The molecule has 2 amide bonds. The number of sulfonamides is 1. The van der Waals surface area contributed by atoms with Gasteiger partial charge in [0.15, 0.2) is 0 Å². The van der Waals surface area contributed by atoms with E-state index < -0.39 is 34.1 Å². The number of benzene rings is 3. The summed E-state index contributed by atoms with van der Waals surface area (Å²) in [4.78, 5) is 29.1. The Balaban J connectivity index is 2.08. The van der Waals surface area contributed by atoms with Gasteiger partial charge < -0.3 is 15.0 Å². The van der Waals surface area contributed by atoms with Gasteiger partial charge >= 0.3 is 0 Å². The highest BCUT2D eigenvalue weighted by Crippen LogP contribution is 2.27. The summed E-state index contributed by atoms with van der Waals surface area (Å²) in [7, 11) is -2.61. The van der Waals surface area contributed by atoms with Crippen LogP contribution in [0.3, 0.4) is 0 Å². The van der Waals surface area contributed by atoms with Crippen LogP contribution in [0.2, 0.25) is 0 Å². The highest BCUT2D eigenvalue weighted by molar-refractivity contribution is 7.92. The van der Waals surface area contributed by atoms with Crippen LogP contribution in [-0.4, -0.2) is 50.4 Å². The molecule has 0 saturated carbocycles. The molecular formula is C32H41N3O5S. The van der Waals surface area contributed by atoms with Crippen LogP contribution in [0.15, 0.2) is 77.7 Å². The minimum absolute atomic E-state index is 0.0643. The van der Waals surface area contributed by atoms with E-state index in [9.17, 15) is 18.0 Å². The summed E-state index contributed by atoms with van der Waals surface area (Å²) in [6.45, 7) is 11.0. The number of hydrogen-bond acceptors (Lipinski definition) is 5. The average Bonchev–Trinajstić information content (AvgIpc) is 2.90. The fraction of sp³-hybridized carbons (Fsp3) is 0.375. The van der Waals surface area contributed by atoms with E-state index >= 15 is 0 Å². The molecule has 0 fully saturated rings. The van der Waals surface area contributed by atoms with Crippen LogP contribution in [0.4, 0.5) is 5.69 Å². The SMILES string of the molecule is CCC(C(=O)NC(C)(C)C)N(Cc1cccc(C)c1)C(=O)CN(c1ccc(OC)cc1)S(=O)(=O)c1ccc(C)cc1. The van der Waals surface area contributed by atoms with Crippen molar-refractivity contribution >= 4 is 27.5 Å². The van der Waals surface area contributed by atoms with Gasteiger partial charge in [0.2, 0.25) is 11.8 Å². The van der Waals surface area contributed by atoms with E-state index in [1.54, 1.807) is 36.4 Å². The first-order valence-electron chi connectivity index (χ1n) is 13.7. The maximum Gasteiger partial charge on any atom is 0.264 e. The lowest BCUT2D eigenvalue weighted by molar-refractivity contribution is -0.141. The lowest BCUT2D eigenvalue weighted by Gasteiger charge is -2.35. The first kappa shape index (κ1) is 31.7. The second-order valence-electron chi connectivity index (χ2n) is 11.2. The van der Waals surface area contributed by atoms with Gasteiger partial charge in [0.1, 0.15) is 18.3 Å². The van der Waals surface area contributed by atoms with Gasteiger partial charge in [-0.05, 0) is 83.0 Å². The van der Waals surface area contributed by atoms with Crippen LogP contribution in [0, 0.1) is 13.8 Å². The second kappa shape index (κ2) is 13.2. The Morgan fingerprint density at radius 2 is 1.56 bits per heavy atom. The molecule has 1 N–H and O–H groups in total. The lowest BCUT2D eigenvalue weighted by Crippen LogP contribution is -2.55. The van der Waals surface area contributed by atoms with E-state index in [0.717, 1.165) is 21.0 Å². The van der Waals surface area contributed by atoms with Gasteiger partial charge in [-0.3, -0.25) is 13.9 Å². The van der Waals surface area contributed by atoms with Gasteiger partial charge in [-0.1, -0.05) is 54.4 Å². The maximum absolute atomic E-state index is 14.2. The summed E-state index contributed by atoms with van der Waals surface area (Å²) < 4.78 is 34.3. The van der Waals surface area contributed by atoms with E-state index in [1.165, 1.54) is 24.1 Å². The van der Waals surface area contributed by atoms with Gasteiger partial charge in [-0.25, -0.2) is 8.42 Å². The van der Waals surface area contributed by atoms with Gasteiger partial charge in [0, 0.05) is 12.1 Å². The predicted molar refractivity (Wildman–Crippen MR) is 162 cm³/mol. The molecule has 1 unspecified atom stereocenters. The smallest absolute Gasteiger partial charge is 0.264 e. The van der Waals surface area contributed by atoms with Crippen molar-refractivity contribution in [1.82, 2.24) is 10.2 Å². The molecule has 9 heteroatoms. The average molecular weight is 580 g/mol. The summed E-state index contributed by atoms with van der Waals surface area (Å²) >= 11 is 0. The number of aryl methyl sites for hydroxylation is 2. The Hall–Kier alpha value is -3.85. The van der Waals surface area contributed by atoms with Crippen molar-refractivity contribution in [2.75, 3.05) is 18.0 Å². The van der Waals surface area contributed by atoms with Crippen molar-refractivity contribution in [2.45, 2.75) is 71.0 Å². The van der Waals surface area contributed by atoms with Crippen molar-refractivity contribution in [3.05, 3.63) is 89.5 Å². The summed E-state index contributed by atoms with van der Waals surface area (Å²) in [5.74, 6) is -0.231. The molecule has 1 atom stereocenters. The zero-order valence-corrected chi connectivity index (χ0v) is 25.8. The van der Waals surface area contributed by atoms with Crippen molar-refractivity contribution in [1.29, 1.82) is 0 Å². The Morgan fingerprint density at radius 1 is 0.927 bits per heavy atom. The number of ether oxygens (including phenoxy) is 1. The lowest BCUT2D eigenvalue weighted by atomic mass is 10.0. The molecule has 0 heterocycles. The van der Waals surface area contributed by atoms with Crippen LogP contribution in [0.25, 0.3) is 0 Å². The molecule has 0 bridgehead atoms. The van der Waals surface area contributed by atoms with Crippen molar-refractivity contribution < 1.29 is 22.7 Å². The Morgan fingerprint density at radius 3 is 2.10 bits per heavy atom. The molecule has 3 rings (SSSR count). The summed E-state index contributed by atoms with van der Waals surface area (Å²) in [5, 5.41) is 2.98. The van der Waals surface area contributed by atoms with Crippen LogP contribution in [0.5, 0.6) is 5.75 Å². The van der Waals surface area contributed by atoms with E-state index in [2.05, 4.69) is 5.32 Å². The summed E-state index contributed by atoms with van der Waals surface area (Å²) in [6, 6.07) is 19.9. The number of carbonyl (C=O) groups excluding carboxylic acids is 2. The monoisotopic (exact) mass is 579 g/mol. The largest absolute Gasteiger partial charge is 0.497 e. The fourth-order valence-electron chi connectivity index (χ4n) is 4.49.